The Bertz CT molecular complexity index is 674. The van der Waals surface area contributed by atoms with Crippen molar-refractivity contribution in [2.45, 2.75) is 23.5 Å². The number of hydrogen-bond donors (Lipinski definition) is 0. The first-order valence-electron chi connectivity index (χ1n) is 7.07. The van der Waals surface area contributed by atoms with Gasteiger partial charge in [0.1, 0.15) is 0 Å². The van der Waals surface area contributed by atoms with Gasteiger partial charge in [0.05, 0.1) is 31.3 Å². The lowest BCUT2D eigenvalue weighted by Crippen LogP contribution is -2.56. The second-order valence-electron chi connectivity index (χ2n) is 5.46. The molecule has 1 aromatic rings. The molecule has 2 spiro atoms. The third-order valence-corrected chi connectivity index (χ3v) is 6.54. The van der Waals surface area contributed by atoms with Crippen LogP contribution in [0.5, 0.6) is 0 Å². The molecule has 4 aliphatic rings. The minimum absolute atomic E-state index is 0.174. The Morgan fingerprint density at radius 1 is 1.05 bits per heavy atom. The zero-order valence-electron chi connectivity index (χ0n) is 11.4. The van der Waals surface area contributed by atoms with E-state index >= 15 is 0 Å². The molecule has 4 heterocycles. The highest BCUT2D eigenvalue weighted by atomic mass is 32.2. The number of ether oxygens (including phenoxy) is 4. The van der Waals surface area contributed by atoms with Crippen molar-refractivity contribution in [3.05, 3.63) is 27.2 Å². The third-order valence-electron chi connectivity index (χ3n) is 4.37. The molecule has 0 amide bonds. The summed E-state index contributed by atoms with van der Waals surface area (Å²) in [5.74, 6) is -2.63. The van der Waals surface area contributed by atoms with E-state index in [-0.39, 0.29) is 11.6 Å². The lowest BCUT2D eigenvalue weighted by molar-refractivity contribution is -0.339. The molecule has 3 aliphatic heterocycles. The molecule has 118 valence electrons. The standard InChI is InChI=1S/C14H12F2O4S2/c15-9-5-7-11(21-9)12-8(6-10(16)22-12)14(19-3-4-20-14)13(7)17-1-2-18-13/h5,10H,1-4,6H2. The van der Waals surface area contributed by atoms with Crippen molar-refractivity contribution in [1.29, 1.82) is 0 Å². The van der Waals surface area contributed by atoms with Gasteiger partial charge in [-0.3, -0.25) is 0 Å². The maximum atomic E-state index is 14.1. The van der Waals surface area contributed by atoms with Crippen LogP contribution in [-0.4, -0.2) is 37.7 Å². The summed E-state index contributed by atoms with van der Waals surface area (Å²) >= 11 is 2.08. The molecule has 2 fully saturated rings. The number of alkyl halides is 1. The Morgan fingerprint density at radius 2 is 1.68 bits per heavy atom. The maximum Gasteiger partial charge on any atom is 0.257 e. The number of fused-ring (bicyclic) bond motifs is 5. The smallest absolute Gasteiger partial charge is 0.257 e. The van der Waals surface area contributed by atoms with E-state index in [2.05, 4.69) is 0 Å². The van der Waals surface area contributed by atoms with Crippen molar-refractivity contribution in [2.75, 3.05) is 26.4 Å². The van der Waals surface area contributed by atoms with Gasteiger partial charge in [-0.1, -0.05) is 11.8 Å². The van der Waals surface area contributed by atoms with Gasteiger partial charge in [-0.25, -0.2) is 4.39 Å². The van der Waals surface area contributed by atoms with Crippen molar-refractivity contribution in [2.24, 2.45) is 0 Å². The summed E-state index contributed by atoms with van der Waals surface area (Å²) in [5, 5.41) is -0.353. The van der Waals surface area contributed by atoms with Gasteiger partial charge in [-0.15, -0.1) is 11.3 Å². The van der Waals surface area contributed by atoms with E-state index in [9.17, 15) is 8.78 Å². The topological polar surface area (TPSA) is 36.9 Å². The van der Waals surface area contributed by atoms with Gasteiger partial charge < -0.3 is 18.9 Å². The normalized spacial score (nSPS) is 31.3. The molecule has 1 aliphatic carbocycles. The molecule has 22 heavy (non-hydrogen) atoms. The van der Waals surface area contributed by atoms with Crippen LogP contribution in [0.1, 0.15) is 16.9 Å². The van der Waals surface area contributed by atoms with Crippen LogP contribution in [0.3, 0.4) is 0 Å². The summed E-state index contributed by atoms with van der Waals surface area (Å²) in [6.45, 7) is 1.46. The predicted molar refractivity (Wildman–Crippen MR) is 76.5 cm³/mol. The van der Waals surface area contributed by atoms with Crippen molar-refractivity contribution in [3.8, 4) is 0 Å². The zero-order chi connectivity index (χ0) is 14.9. The fourth-order valence-electron chi connectivity index (χ4n) is 3.65. The third kappa shape index (κ3) is 1.51. The van der Waals surface area contributed by atoms with Crippen LogP contribution in [-0.2, 0) is 24.7 Å². The Kier molecular flexibility index (Phi) is 2.85. The first-order chi connectivity index (χ1) is 10.7. The molecule has 8 heteroatoms. The molecule has 0 saturated carbocycles. The average molecular weight is 346 g/mol. The van der Waals surface area contributed by atoms with Gasteiger partial charge in [0.15, 0.2) is 10.6 Å². The highest BCUT2D eigenvalue weighted by Gasteiger charge is 2.69. The molecule has 5 rings (SSSR count). The fourth-order valence-corrected chi connectivity index (χ4v) is 5.90. The van der Waals surface area contributed by atoms with Crippen molar-refractivity contribution in [3.63, 3.8) is 0 Å². The highest BCUT2D eigenvalue weighted by molar-refractivity contribution is 8.09. The number of thiophene rings is 1. The molecule has 1 atom stereocenters. The van der Waals surface area contributed by atoms with E-state index in [0.717, 1.165) is 23.1 Å². The second-order valence-corrected chi connectivity index (χ2v) is 7.62. The predicted octanol–water partition coefficient (Wildman–Crippen LogP) is 2.99. The van der Waals surface area contributed by atoms with Crippen LogP contribution < -0.4 is 0 Å². The van der Waals surface area contributed by atoms with E-state index in [1.54, 1.807) is 0 Å². The average Bonchev–Trinajstić information content (AvgIpc) is 3.22. The molecule has 1 aromatic heterocycles. The number of thioether (sulfide) groups is 1. The lowest BCUT2D eigenvalue weighted by atomic mass is 9.84. The van der Waals surface area contributed by atoms with Crippen molar-refractivity contribution in [1.82, 2.24) is 0 Å². The van der Waals surface area contributed by atoms with E-state index in [4.69, 9.17) is 18.9 Å². The Labute approximate surface area is 133 Å². The van der Waals surface area contributed by atoms with Crippen molar-refractivity contribution >= 4 is 28.0 Å². The summed E-state index contributed by atoms with van der Waals surface area (Å²) in [6, 6.07) is 1.40. The summed E-state index contributed by atoms with van der Waals surface area (Å²) in [5.41, 5.74) is 0.137. The molecular weight excluding hydrogens is 334 g/mol. The molecule has 0 N–H and O–H groups in total. The Hall–Kier alpha value is -0.510. The van der Waals surface area contributed by atoms with Crippen LogP contribution in [0.2, 0.25) is 0 Å². The van der Waals surface area contributed by atoms with Crippen LogP contribution >= 0.6 is 23.1 Å². The summed E-state index contributed by atoms with van der Waals surface area (Å²) in [7, 11) is 0. The fraction of sp³-hybridized carbons (Fsp3) is 0.571. The van der Waals surface area contributed by atoms with E-state index in [1.165, 1.54) is 6.07 Å². The largest absolute Gasteiger partial charge is 0.339 e. The lowest BCUT2D eigenvalue weighted by Gasteiger charge is -2.45. The van der Waals surface area contributed by atoms with Crippen LogP contribution in [0.4, 0.5) is 8.78 Å². The highest BCUT2D eigenvalue weighted by Crippen LogP contribution is 2.64. The molecule has 0 bridgehead atoms. The molecule has 0 radical (unpaired) electrons. The van der Waals surface area contributed by atoms with Gasteiger partial charge in [0.25, 0.3) is 11.6 Å². The summed E-state index contributed by atoms with van der Waals surface area (Å²) in [6.07, 6.45) is 0.174. The quantitative estimate of drug-likeness (QED) is 0.722. The first-order valence-corrected chi connectivity index (χ1v) is 8.76. The van der Waals surface area contributed by atoms with Crippen LogP contribution in [0, 0.1) is 5.13 Å². The second kappa shape index (κ2) is 4.52. The van der Waals surface area contributed by atoms with E-state index in [0.29, 0.717) is 47.3 Å². The molecule has 1 unspecified atom stereocenters. The van der Waals surface area contributed by atoms with Crippen LogP contribution in [0.15, 0.2) is 11.6 Å². The summed E-state index contributed by atoms with van der Waals surface area (Å²) in [4.78, 5) is 1.38. The van der Waals surface area contributed by atoms with Gasteiger partial charge in [0.2, 0.25) is 0 Å². The van der Waals surface area contributed by atoms with Crippen molar-refractivity contribution < 1.29 is 27.7 Å². The van der Waals surface area contributed by atoms with E-state index in [1.807, 2.05) is 0 Å². The number of hydrogen-bond acceptors (Lipinski definition) is 6. The summed E-state index contributed by atoms with van der Waals surface area (Å²) < 4.78 is 51.7. The first kappa shape index (κ1) is 13.9. The zero-order valence-corrected chi connectivity index (χ0v) is 13.0. The Balaban J connectivity index is 1.81. The maximum absolute atomic E-state index is 14.1. The minimum Gasteiger partial charge on any atom is -0.339 e. The monoisotopic (exact) mass is 346 g/mol. The number of rotatable bonds is 0. The van der Waals surface area contributed by atoms with E-state index < -0.39 is 17.1 Å². The van der Waals surface area contributed by atoms with Gasteiger partial charge in [-0.05, 0) is 6.07 Å². The van der Waals surface area contributed by atoms with Gasteiger partial charge >= 0.3 is 0 Å². The molecule has 0 aromatic carbocycles. The van der Waals surface area contributed by atoms with Gasteiger partial charge in [-0.2, -0.15) is 4.39 Å². The number of halogens is 2. The SMILES string of the molecule is Fc1cc2c(s1)C1=C(CC(F)S1)C1(OCCO1)C21OCCO1. The molecular formula is C14H12F2O4S2. The molecule has 4 nitrogen and oxygen atoms in total. The Morgan fingerprint density at radius 3 is 2.36 bits per heavy atom. The minimum atomic E-state index is -1.33. The van der Waals surface area contributed by atoms with Gasteiger partial charge in [0, 0.05) is 22.5 Å². The van der Waals surface area contributed by atoms with Crippen LogP contribution in [0.25, 0.3) is 4.91 Å². The molecule has 2 saturated heterocycles.